The summed E-state index contributed by atoms with van der Waals surface area (Å²) in [5, 5.41) is 14.0. The van der Waals surface area contributed by atoms with Gasteiger partial charge in [-0.05, 0) is 30.2 Å². The third-order valence-electron chi connectivity index (χ3n) is 4.30. The second-order valence-corrected chi connectivity index (χ2v) is 8.63. The number of para-hydroxylation sites is 1. The first-order chi connectivity index (χ1) is 13.8. The van der Waals surface area contributed by atoms with Crippen LogP contribution in [0.2, 0.25) is 0 Å². The maximum Gasteiger partial charge on any atom is 0.299 e. The zero-order valence-corrected chi connectivity index (χ0v) is 16.6. The van der Waals surface area contributed by atoms with Crippen LogP contribution in [0, 0.1) is 5.92 Å². The molecule has 3 heterocycles. The predicted octanol–water partition coefficient (Wildman–Crippen LogP) is 3.08. The van der Waals surface area contributed by atoms with Gasteiger partial charge in [0, 0.05) is 6.20 Å². The Morgan fingerprint density at radius 2 is 1.97 bits per heavy atom. The molecule has 0 fully saturated rings. The van der Waals surface area contributed by atoms with Crippen LogP contribution >= 0.6 is 10.8 Å². The van der Waals surface area contributed by atoms with Crippen molar-refractivity contribution >= 4 is 33.3 Å². The maximum absolute atomic E-state index is 13.2. The van der Waals surface area contributed by atoms with Crippen molar-refractivity contribution in [1.29, 1.82) is 0 Å². The zero-order valence-electron chi connectivity index (χ0n) is 15.7. The molecule has 0 aliphatic carbocycles. The first-order valence-electron chi connectivity index (χ1n) is 8.90. The van der Waals surface area contributed by atoms with E-state index in [1.54, 1.807) is 30.3 Å². The number of fused-ring (bicyclic) bond motifs is 2. The van der Waals surface area contributed by atoms with Gasteiger partial charge < -0.3 is 15.3 Å². The molecule has 0 atom stereocenters. The number of hydrogen-bond acceptors (Lipinski definition) is 8. The molecule has 3 aromatic rings. The Morgan fingerprint density at radius 1 is 1.21 bits per heavy atom. The fourth-order valence-corrected chi connectivity index (χ4v) is 4.14. The standard InChI is InChI=1S/C19H20N4O5S/c1-11(2)10-28-23-18-12(6-5-9-20-18)16(24)15(19(23)25)17-21-13-7-3-4-8-14(13)29(26,27)22-17/h3-9,11,24,26-27H,10H2,1-2H3,(H,21,22). The highest BCUT2D eigenvalue weighted by molar-refractivity contribution is 8.23. The van der Waals surface area contributed by atoms with Crippen LogP contribution < -0.4 is 15.7 Å². The molecular formula is C19H20N4O5S. The summed E-state index contributed by atoms with van der Waals surface area (Å²) in [7, 11) is -3.55. The van der Waals surface area contributed by atoms with Crippen LogP contribution in [0.15, 0.2) is 56.7 Å². The normalized spacial score (nSPS) is 16.1. The van der Waals surface area contributed by atoms with Crippen LogP contribution in [-0.2, 0) is 0 Å². The quantitative estimate of drug-likeness (QED) is 0.514. The van der Waals surface area contributed by atoms with Crippen molar-refractivity contribution in [2.75, 3.05) is 11.9 Å². The lowest BCUT2D eigenvalue weighted by atomic mass is 10.1. The molecule has 0 saturated carbocycles. The van der Waals surface area contributed by atoms with Gasteiger partial charge in [0.05, 0.1) is 11.1 Å². The number of anilines is 1. The van der Waals surface area contributed by atoms with Gasteiger partial charge in [-0.25, -0.2) is 4.98 Å². The van der Waals surface area contributed by atoms with E-state index in [2.05, 4.69) is 14.7 Å². The van der Waals surface area contributed by atoms with Gasteiger partial charge in [-0.15, -0.1) is 9.13 Å². The fourth-order valence-electron chi connectivity index (χ4n) is 2.98. The summed E-state index contributed by atoms with van der Waals surface area (Å²) in [5.74, 6) is -0.385. The average molecular weight is 416 g/mol. The average Bonchev–Trinajstić information content (AvgIpc) is 2.67. The lowest BCUT2D eigenvalue weighted by Gasteiger charge is -2.34. The number of pyridine rings is 2. The summed E-state index contributed by atoms with van der Waals surface area (Å²) >= 11 is 0. The number of nitrogens with zero attached hydrogens (tertiary/aromatic N) is 3. The van der Waals surface area contributed by atoms with Gasteiger partial charge in [-0.1, -0.05) is 36.8 Å². The summed E-state index contributed by atoms with van der Waals surface area (Å²) in [6, 6.07) is 9.73. The monoisotopic (exact) mass is 416 g/mol. The van der Waals surface area contributed by atoms with Gasteiger partial charge in [0.1, 0.15) is 22.8 Å². The summed E-state index contributed by atoms with van der Waals surface area (Å²) in [6.07, 6.45) is 1.49. The molecule has 0 bridgehead atoms. The second-order valence-electron chi connectivity index (χ2n) is 6.97. The topological polar surface area (TPSA) is 129 Å². The first-order valence-corrected chi connectivity index (χ1v) is 10.4. The van der Waals surface area contributed by atoms with E-state index in [-0.39, 0.29) is 45.6 Å². The van der Waals surface area contributed by atoms with E-state index in [1.165, 1.54) is 12.3 Å². The first kappa shape index (κ1) is 19.2. The highest BCUT2D eigenvalue weighted by Gasteiger charge is 2.30. The molecule has 1 aliphatic rings. The molecule has 9 nitrogen and oxygen atoms in total. The minimum absolute atomic E-state index is 0.141. The van der Waals surface area contributed by atoms with Gasteiger partial charge in [0.25, 0.3) is 5.56 Å². The van der Waals surface area contributed by atoms with Crippen LogP contribution in [0.4, 0.5) is 5.69 Å². The van der Waals surface area contributed by atoms with Gasteiger partial charge in [-0.3, -0.25) is 13.9 Å². The third kappa shape index (κ3) is 3.31. The summed E-state index contributed by atoms with van der Waals surface area (Å²) in [4.78, 5) is 23.2. The molecular weight excluding hydrogens is 396 g/mol. The SMILES string of the molecule is CC(C)COn1c(=O)c(C2=NS(O)(O)c3ccccc3N2)c(O)c2cccnc21. The molecule has 0 unspecified atom stereocenters. The Morgan fingerprint density at radius 3 is 2.72 bits per heavy atom. The summed E-state index contributed by atoms with van der Waals surface area (Å²) < 4.78 is 25.9. The zero-order chi connectivity index (χ0) is 20.8. The molecule has 1 aliphatic heterocycles. The van der Waals surface area contributed by atoms with Crippen molar-refractivity contribution in [3.05, 3.63) is 58.5 Å². The Balaban J connectivity index is 1.95. The van der Waals surface area contributed by atoms with Gasteiger partial charge >= 0.3 is 0 Å². The Kier molecular flexibility index (Phi) is 4.69. The van der Waals surface area contributed by atoms with E-state index in [0.29, 0.717) is 5.69 Å². The number of benzene rings is 1. The van der Waals surface area contributed by atoms with Crippen molar-refractivity contribution in [3.63, 3.8) is 0 Å². The largest absolute Gasteiger partial charge is 0.506 e. The molecule has 0 spiro atoms. The Labute approximate surface area is 167 Å². The number of aromatic nitrogens is 2. The van der Waals surface area contributed by atoms with Crippen LogP contribution in [0.25, 0.3) is 11.0 Å². The molecule has 1 aromatic carbocycles. The molecule has 0 radical (unpaired) electrons. The van der Waals surface area contributed by atoms with Gasteiger partial charge in [-0.2, -0.15) is 0 Å². The second kappa shape index (κ2) is 7.07. The molecule has 0 amide bonds. The number of nitrogens with one attached hydrogen (secondary N) is 1. The number of amidine groups is 1. The number of hydrogen-bond donors (Lipinski definition) is 4. The van der Waals surface area contributed by atoms with Crippen molar-refractivity contribution in [3.8, 4) is 5.75 Å². The third-order valence-corrected chi connectivity index (χ3v) is 5.68. The maximum atomic E-state index is 13.2. The summed E-state index contributed by atoms with van der Waals surface area (Å²) in [5.41, 5.74) is -0.404. The van der Waals surface area contributed by atoms with Crippen LogP contribution in [0.5, 0.6) is 5.75 Å². The number of rotatable bonds is 4. The lowest BCUT2D eigenvalue weighted by molar-refractivity contribution is 0.0891. The molecule has 4 rings (SSSR count). The van der Waals surface area contributed by atoms with Crippen molar-refractivity contribution in [2.45, 2.75) is 18.7 Å². The van der Waals surface area contributed by atoms with Gasteiger partial charge in [0.2, 0.25) is 0 Å². The molecule has 2 aromatic heterocycles. The molecule has 0 saturated heterocycles. The van der Waals surface area contributed by atoms with Crippen molar-refractivity contribution in [2.24, 2.45) is 10.3 Å². The minimum Gasteiger partial charge on any atom is -0.506 e. The molecule has 10 heteroatoms. The highest BCUT2D eigenvalue weighted by Crippen LogP contribution is 2.55. The van der Waals surface area contributed by atoms with E-state index in [4.69, 9.17) is 4.84 Å². The van der Waals surface area contributed by atoms with Crippen LogP contribution in [0.3, 0.4) is 0 Å². The van der Waals surface area contributed by atoms with Crippen molar-refractivity contribution < 1.29 is 19.0 Å². The van der Waals surface area contributed by atoms with Crippen LogP contribution in [-0.4, -0.2) is 36.4 Å². The lowest BCUT2D eigenvalue weighted by Crippen LogP contribution is -2.36. The van der Waals surface area contributed by atoms with E-state index < -0.39 is 16.3 Å². The minimum atomic E-state index is -3.55. The summed E-state index contributed by atoms with van der Waals surface area (Å²) in [6.45, 7) is 4.11. The predicted molar refractivity (Wildman–Crippen MR) is 112 cm³/mol. The van der Waals surface area contributed by atoms with Crippen LogP contribution in [0.1, 0.15) is 19.4 Å². The smallest absolute Gasteiger partial charge is 0.299 e. The highest BCUT2D eigenvalue weighted by atomic mass is 32.3. The molecule has 4 N–H and O–H groups in total. The van der Waals surface area contributed by atoms with E-state index in [0.717, 1.165) is 4.73 Å². The van der Waals surface area contributed by atoms with Crippen molar-refractivity contribution in [1.82, 2.24) is 9.71 Å². The number of aromatic hydroxyl groups is 1. The van der Waals surface area contributed by atoms with E-state index in [1.807, 2.05) is 13.8 Å². The van der Waals surface area contributed by atoms with E-state index >= 15 is 0 Å². The van der Waals surface area contributed by atoms with Gasteiger partial charge in [0.15, 0.2) is 11.5 Å². The molecule has 152 valence electrons. The Bertz CT molecular complexity index is 1190. The fraction of sp³-hybridized carbons (Fsp3) is 0.211. The van der Waals surface area contributed by atoms with E-state index in [9.17, 15) is 19.0 Å². The molecule has 29 heavy (non-hydrogen) atoms. The Hall–Kier alpha value is -3.08.